The molecule has 1 fully saturated rings. The van der Waals surface area contributed by atoms with Crippen LogP contribution in [0.3, 0.4) is 0 Å². The third-order valence-corrected chi connectivity index (χ3v) is 8.76. The van der Waals surface area contributed by atoms with E-state index < -0.39 is 8.56 Å². The van der Waals surface area contributed by atoms with Crippen LogP contribution in [-0.4, -0.2) is 22.8 Å². The summed E-state index contributed by atoms with van der Waals surface area (Å²) in [5.41, 5.74) is 2.13. The number of hydrogen-bond acceptors (Lipinski definition) is 2. The van der Waals surface area contributed by atoms with Gasteiger partial charge in [0, 0.05) is 19.8 Å². The Morgan fingerprint density at radius 1 is 1.05 bits per heavy atom. The first-order valence-electron chi connectivity index (χ1n) is 7.45. The first-order chi connectivity index (χ1) is 9.30. The van der Waals surface area contributed by atoms with Crippen molar-refractivity contribution >= 4 is 8.56 Å². The van der Waals surface area contributed by atoms with Gasteiger partial charge in [0.2, 0.25) is 0 Å². The Balaban J connectivity index is 1.89. The van der Waals surface area contributed by atoms with Crippen molar-refractivity contribution in [2.45, 2.75) is 50.1 Å². The van der Waals surface area contributed by atoms with Gasteiger partial charge in [0.05, 0.1) is 0 Å². The van der Waals surface area contributed by atoms with E-state index in [1.54, 1.807) is 0 Å². The average Bonchev–Trinajstić information content (AvgIpc) is 3.00. The van der Waals surface area contributed by atoms with Crippen LogP contribution in [0.2, 0.25) is 11.6 Å². The molecule has 19 heavy (non-hydrogen) atoms. The molecule has 0 aliphatic heterocycles. The molecule has 0 bridgehead atoms. The summed E-state index contributed by atoms with van der Waals surface area (Å²) in [4.78, 5) is 0. The molecule has 1 aromatic rings. The molecule has 1 aliphatic carbocycles. The third-order valence-electron chi connectivity index (χ3n) is 4.50. The predicted octanol–water partition coefficient (Wildman–Crippen LogP) is 4.30. The van der Waals surface area contributed by atoms with Gasteiger partial charge in [0.1, 0.15) is 0 Å². The zero-order valence-electron chi connectivity index (χ0n) is 12.2. The van der Waals surface area contributed by atoms with Crippen LogP contribution in [0.4, 0.5) is 0 Å². The monoisotopic (exact) mass is 278 g/mol. The fraction of sp³-hybridized carbons (Fsp3) is 0.625. The molecular weight excluding hydrogens is 252 g/mol. The minimum atomic E-state index is -1.96. The molecule has 1 saturated carbocycles. The van der Waals surface area contributed by atoms with Crippen molar-refractivity contribution in [1.82, 2.24) is 0 Å². The zero-order valence-corrected chi connectivity index (χ0v) is 13.2. The maximum Gasteiger partial charge on any atom is 0.340 e. The highest BCUT2D eigenvalue weighted by Crippen LogP contribution is 2.41. The van der Waals surface area contributed by atoms with Crippen molar-refractivity contribution in [3.05, 3.63) is 35.9 Å². The van der Waals surface area contributed by atoms with E-state index >= 15 is 0 Å². The van der Waals surface area contributed by atoms with Crippen molar-refractivity contribution in [3.63, 3.8) is 0 Å². The van der Waals surface area contributed by atoms with Crippen LogP contribution >= 0.6 is 0 Å². The van der Waals surface area contributed by atoms with Crippen molar-refractivity contribution in [2.75, 3.05) is 14.2 Å². The van der Waals surface area contributed by atoms with E-state index in [2.05, 4.69) is 30.3 Å². The van der Waals surface area contributed by atoms with Gasteiger partial charge in [-0.1, -0.05) is 43.2 Å². The van der Waals surface area contributed by atoms with E-state index in [-0.39, 0.29) is 0 Å². The molecule has 0 heterocycles. The Labute approximate surface area is 118 Å². The molecule has 0 amide bonds. The van der Waals surface area contributed by atoms with Gasteiger partial charge in [-0.2, -0.15) is 0 Å². The first kappa shape index (κ1) is 14.8. The highest BCUT2D eigenvalue weighted by Gasteiger charge is 2.44. The average molecular weight is 278 g/mol. The van der Waals surface area contributed by atoms with Crippen LogP contribution in [0.1, 0.15) is 37.7 Å². The molecule has 0 aromatic heterocycles. The van der Waals surface area contributed by atoms with E-state index in [0.29, 0.717) is 5.54 Å². The van der Waals surface area contributed by atoms with Crippen LogP contribution in [0.15, 0.2) is 30.3 Å². The summed E-state index contributed by atoms with van der Waals surface area (Å²) < 4.78 is 11.9. The number of aryl methyl sites for hydroxylation is 1. The standard InChI is InChI=1S/C16H26O2Si/c1-17-19(18-2,16-12-6-7-13-16)14-8-11-15-9-4-3-5-10-15/h3-5,9-10,16H,6-8,11-14H2,1-2H3. The Hall–Kier alpha value is -0.643. The summed E-state index contributed by atoms with van der Waals surface area (Å²) in [5, 5.41) is 0. The first-order valence-corrected chi connectivity index (χ1v) is 9.55. The molecule has 2 nitrogen and oxygen atoms in total. The minimum absolute atomic E-state index is 0.707. The quantitative estimate of drug-likeness (QED) is 0.692. The molecule has 0 N–H and O–H groups in total. The molecule has 106 valence electrons. The van der Waals surface area contributed by atoms with Gasteiger partial charge in [-0.25, -0.2) is 0 Å². The number of rotatable bonds is 7. The second kappa shape index (κ2) is 7.22. The van der Waals surface area contributed by atoms with Crippen molar-refractivity contribution in [3.8, 4) is 0 Å². The maximum absolute atomic E-state index is 5.93. The zero-order chi connectivity index (χ0) is 13.6. The lowest BCUT2D eigenvalue weighted by molar-refractivity contribution is 0.227. The van der Waals surface area contributed by atoms with Gasteiger partial charge in [0.25, 0.3) is 0 Å². The Kier molecular flexibility index (Phi) is 5.61. The van der Waals surface area contributed by atoms with Gasteiger partial charge < -0.3 is 8.85 Å². The molecule has 0 spiro atoms. The normalized spacial score (nSPS) is 16.9. The van der Waals surface area contributed by atoms with Gasteiger partial charge in [-0.15, -0.1) is 0 Å². The van der Waals surface area contributed by atoms with Crippen molar-refractivity contribution < 1.29 is 8.85 Å². The third kappa shape index (κ3) is 3.68. The second-order valence-corrected chi connectivity index (χ2v) is 9.30. The smallest absolute Gasteiger partial charge is 0.340 e. The van der Waals surface area contributed by atoms with Gasteiger partial charge in [-0.05, 0) is 37.3 Å². The number of benzene rings is 1. The predicted molar refractivity (Wildman–Crippen MR) is 81.6 cm³/mol. The minimum Gasteiger partial charge on any atom is -0.397 e. The Morgan fingerprint density at radius 3 is 2.26 bits per heavy atom. The van der Waals surface area contributed by atoms with E-state index in [9.17, 15) is 0 Å². The lowest BCUT2D eigenvalue weighted by Crippen LogP contribution is -2.44. The van der Waals surface area contributed by atoms with E-state index in [4.69, 9.17) is 8.85 Å². The summed E-state index contributed by atoms with van der Waals surface area (Å²) in [6.45, 7) is 0. The highest BCUT2D eigenvalue weighted by molar-refractivity contribution is 6.69. The molecule has 3 heteroatoms. The molecule has 0 radical (unpaired) electrons. The highest BCUT2D eigenvalue weighted by atomic mass is 28.4. The summed E-state index contributed by atoms with van der Waals surface area (Å²) in [6, 6.07) is 11.8. The van der Waals surface area contributed by atoms with Crippen LogP contribution < -0.4 is 0 Å². The van der Waals surface area contributed by atoms with Crippen molar-refractivity contribution in [1.29, 1.82) is 0 Å². The van der Waals surface area contributed by atoms with Gasteiger partial charge >= 0.3 is 8.56 Å². The summed E-state index contributed by atoms with van der Waals surface area (Å²) >= 11 is 0. The Bertz CT molecular complexity index is 356. The van der Waals surface area contributed by atoms with E-state index in [1.165, 1.54) is 37.7 Å². The summed E-state index contributed by atoms with van der Waals surface area (Å²) in [5.74, 6) is 0. The fourth-order valence-corrected chi connectivity index (χ4v) is 6.98. The largest absolute Gasteiger partial charge is 0.397 e. The molecule has 1 aromatic carbocycles. The van der Waals surface area contributed by atoms with Crippen LogP contribution in [-0.2, 0) is 15.3 Å². The molecule has 0 unspecified atom stereocenters. The van der Waals surface area contributed by atoms with E-state index in [1.807, 2.05) is 14.2 Å². The molecule has 1 aliphatic rings. The van der Waals surface area contributed by atoms with Crippen LogP contribution in [0.5, 0.6) is 0 Å². The topological polar surface area (TPSA) is 18.5 Å². The molecule has 0 atom stereocenters. The lowest BCUT2D eigenvalue weighted by Gasteiger charge is -2.33. The van der Waals surface area contributed by atoms with Gasteiger partial charge in [-0.3, -0.25) is 0 Å². The fourth-order valence-electron chi connectivity index (χ4n) is 3.37. The summed E-state index contributed by atoms with van der Waals surface area (Å²) in [7, 11) is 1.75. The van der Waals surface area contributed by atoms with Crippen LogP contribution in [0, 0.1) is 0 Å². The maximum atomic E-state index is 5.93. The molecule has 0 saturated heterocycles. The lowest BCUT2D eigenvalue weighted by atomic mass is 10.1. The Morgan fingerprint density at radius 2 is 1.68 bits per heavy atom. The van der Waals surface area contributed by atoms with E-state index in [0.717, 1.165) is 12.5 Å². The van der Waals surface area contributed by atoms with Crippen LogP contribution in [0.25, 0.3) is 0 Å². The number of hydrogen-bond donors (Lipinski definition) is 0. The van der Waals surface area contributed by atoms with Gasteiger partial charge in [0.15, 0.2) is 0 Å². The SMILES string of the molecule is CO[Si](CCCc1ccccc1)(OC)C1CCCC1. The summed E-state index contributed by atoms with van der Waals surface area (Å²) in [6.07, 6.45) is 7.62. The molecular formula is C16H26O2Si. The van der Waals surface area contributed by atoms with Crippen molar-refractivity contribution in [2.24, 2.45) is 0 Å². The second-order valence-electron chi connectivity index (χ2n) is 5.54. The molecule has 2 rings (SSSR count).